The maximum absolute atomic E-state index is 9.21. The van der Waals surface area contributed by atoms with E-state index in [2.05, 4.69) is 0 Å². The van der Waals surface area contributed by atoms with E-state index in [-0.39, 0.29) is 6.61 Å². The van der Waals surface area contributed by atoms with Crippen molar-refractivity contribution >= 4 is 35.8 Å². The maximum Gasteiger partial charge on any atom is 0.488 e. The van der Waals surface area contributed by atoms with E-state index in [0.29, 0.717) is 32.6 Å². The summed E-state index contributed by atoms with van der Waals surface area (Å²) in [6.45, 7) is 0.172. The molecule has 0 radical (unpaired) electrons. The van der Waals surface area contributed by atoms with Gasteiger partial charge in [-0.2, -0.15) is 0 Å². The molecule has 21 heavy (non-hydrogen) atoms. The van der Waals surface area contributed by atoms with Crippen molar-refractivity contribution in [1.29, 1.82) is 0 Å². The summed E-state index contributed by atoms with van der Waals surface area (Å²) in [5.41, 5.74) is 1.03. The fraction of sp³-hybridized carbons (Fsp3) is 0.143. The lowest BCUT2D eigenvalue weighted by molar-refractivity contribution is 0.297. The quantitative estimate of drug-likeness (QED) is 0.827. The lowest BCUT2D eigenvalue weighted by atomic mass is 9.79. The Labute approximate surface area is 133 Å². The van der Waals surface area contributed by atoms with Crippen LogP contribution in [0.2, 0.25) is 10.0 Å². The summed E-state index contributed by atoms with van der Waals surface area (Å²) >= 11 is 11.9. The van der Waals surface area contributed by atoms with Crippen molar-refractivity contribution in [3.8, 4) is 11.5 Å². The minimum Gasteiger partial charge on any atom is -0.496 e. The van der Waals surface area contributed by atoms with Crippen LogP contribution in [0.25, 0.3) is 0 Å². The summed E-state index contributed by atoms with van der Waals surface area (Å²) in [5.74, 6) is 1.07. The molecular weight excluding hydrogens is 314 g/mol. The zero-order chi connectivity index (χ0) is 15.4. The minimum absolute atomic E-state index is 0.172. The van der Waals surface area contributed by atoms with Crippen LogP contribution in [0.4, 0.5) is 0 Å². The molecule has 110 valence electrons. The molecule has 0 heterocycles. The van der Waals surface area contributed by atoms with Crippen LogP contribution < -0.4 is 14.9 Å². The molecule has 0 unspecified atom stereocenters. The van der Waals surface area contributed by atoms with Crippen molar-refractivity contribution in [3.05, 3.63) is 52.0 Å². The van der Waals surface area contributed by atoms with Gasteiger partial charge in [0.1, 0.15) is 18.1 Å². The van der Waals surface area contributed by atoms with Crippen LogP contribution in [-0.2, 0) is 6.61 Å². The first-order valence-electron chi connectivity index (χ1n) is 6.12. The van der Waals surface area contributed by atoms with Gasteiger partial charge in [-0.25, -0.2) is 0 Å². The van der Waals surface area contributed by atoms with Gasteiger partial charge in [0, 0.05) is 10.6 Å². The molecule has 2 N–H and O–H groups in total. The molecule has 0 spiro atoms. The molecule has 0 aromatic heterocycles. The molecule has 0 bridgehead atoms. The second-order valence-electron chi connectivity index (χ2n) is 4.31. The van der Waals surface area contributed by atoms with E-state index in [0.717, 1.165) is 0 Å². The third-order valence-electron chi connectivity index (χ3n) is 2.88. The van der Waals surface area contributed by atoms with Gasteiger partial charge in [-0.1, -0.05) is 35.3 Å². The summed E-state index contributed by atoms with van der Waals surface area (Å²) < 4.78 is 10.8. The number of rotatable bonds is 5. The van der Waals surface area contributed by atoms with Crippen LogP contribution in [0.1, 0.15) is 5.56 Å². The van der Waals surface area contributed by atoms with Gasteiger partial charge >= 0.3 is 7.12 Å². The maximum atomic E-state index is 9.21. The van der Waals surface area contributed by atoms with E-state index in [4.69, 9.17) is 32.7 Å². The van der Waals surface area contributed by atoms with Crippen LogP contribution >= 0.6 is 23.2 Å². The van der Waals surface area contributed by atoms with Crippen molar-refractivity contribution in [1.82, 2.24) is 0 Å². The fourth-order valence-corrected chi connectivity index (χ4v) is 2.28. The Morgan fingerprint density at radius 2 is 1.76 bits per heavy atom. The zero-order valence-electron chi connectivity index (χ0n) is 11.2. The van der Waals surface area contributed by atoms with E-state index in [1.165, 1.54) is 7.11 Å². The first-order valence-corrected chi connectivity index (χ1v) is 6.87. The Morgan fingerprint density at radius 3 is 2.38 bits per heavy atom. The number of hydrogen-bond donors (Lipinski definition) is 2. The molecule has 2 rings (SSSR count). The molecule has 2 aromatic rings. The highest BCUT2D eigenvalue weighted by atomic mass is 35.5. The second-order valence-corrected chi connectivity index (χ2v) is 5.15. The minimum atomic E-state index is -1.55. The Balaban J connectivity index is 2.20. The van der Waals surface area contributed by atoms with Crippen molar-refractivity contribution in [2.24, 2.45) is 0 Å². The van der Waals surface area contributed by atoms with E-state index < -0.39 is 7.12 Å². The first-order chi connectivity index (χ1) is 10.0. The average molecular weight is 327 g/mol. The molecule has 0 aliphatic heterocycles. The lowest BCUT2D eigenvalue weighted by Crippen LogP contribution is -2.30. The third-order valence-corrected chi connectivity index (χ3v) is 3.41. The average Bonchev–Trinajstić information content (AvgIpc) is 2.46. The first kappa shape index (κ1) is 16.0. The molecule has 0 fully saturated rings. The van der Waals surface area contributed by atoms with E-state index in [9.17, 15) is 10.0 Å². The van der Waals surface area contributed by atoms with Gasteiger partial charge in [0.25, 0.3) is 0 Å². The Morgan fingerprint density at radius 1 is 1.05 bits per heavy atom. The molecule has 0 aliphatic carbocycles. The number of hydrogen-bond acceptors (Lipinski definition) is 4. The SMILES string of the molecule is COc1ccc(B(O)O)cc1COc1ccc(Cl)cc1Cl. The van der Waals surface area contributed by atoms with Crippen LogP contribution in [0.15, 0.2) is 36.4 Å². The van der Waals surface area contributed by atoms with Crippen molar-refractivity contribution in [2.45, 2.75) is 6.61 Å². The highest BCUT2D eigenvalue weighted by Gasteiger charge is 2.14. The third kappa shape index (κ3) is 4.05. The predicted molar refractivity (Wildman–Crippen MR) is 83.6 cm³/mol. The number of ether oxygens (including phenoxy) is 2. The highest BCUT2D eigenvalue weighted by Crippen LogP contribution is 2.29. The highest BCUT2D eigenvalue weighted by molar-refractivity contribution is 6.58. The normalized spacial score (nSPS) is 10.3. The zero-order valence-corrected chi connectivity index (χ0v) is 12.7. The monoisotopic (exact) mass is 326 g/mol. The van der Waals surface area contributed by atoms with Crippen LogP contribution in [0.3, 0.4) is 0 Å². The largest absolute Gasteiger partial charge is 0.496 e. The van der Waals surface area contributed by atoms with E-state index >= 15 is 0 Å². The molecule has 0 atom stereocenters. The summed E-state index contributed by atoms with van der Waals surface area (Å²) in [6.07, 6.45) is 0. The molecule has 7 heteroatoms. The summed E-state index contributed by atoms with van der Waals surface area (Å²) in [7, 11) is -0.0165. The van der Waals surface area contributed by atoms with Gasteiger partial charge in [0.2, 0.25) is 0 Å². The number of methoxy groups -OCH3 is 1. The van der Waals surface area contributed by atoms with Crippen molar-refractivity contribution in [3.63, 3.8) is 0 Å². The van der Waals surface area contributed by atoms with E-state index in [1.807, 2.05) is 0 Å². The van der Waals surface area contributed by atoms with Gasteiger partial charge in [0.05, 0.1) is 12.1 Å². The van der Waals surface area contributed by atoms with Crippen LogP contribution in [-0.4, -0.2) is 24.3 Å². The van der Waals surface area contributed by atoms with E-state index in [1.54, 1.807) is 36.4 Å². The Hall–Kier alpha value is -1.40. The molecule has 2 aromatic carbocycles. The topological polar surface area (TPSA) is 58.9 Å². The van der Waals surface area contributed by atoms with Crippen molar-refractivity contribution in [2.75, 3.05) is 7.11 Å². The van der Waals surface area contributed by atoms with Crippen molar-refractivity contribution < 1.29 is 19.5 Å². The van der Waals surface area contributed by atoms with Gasteiger partial charge in [-0.05, 0) is 29.7 Å². The van der Waals surface area contributed by atoms with Crippen LogP contribution in [0.5, 0.6) is 11.5 Å². The number of benzene rings is 2. The fourth-order valence-electron chi connectivity index (χ4n) is 1.82. The number of halogens is 2. The smallest absolute Gasteiger partial charge is 0.488 e. The summed E-state index contributed by atoms with van der Waals surface area (Å²) in [4.78, 5) is 0. The molecular formula is C14H13BCl2O4. The molecule has 0 amide bonds. The van der Waals surface area contributed by atoms with Crippen LogP contribution in [0, 0.1) is 0 Å². The molecule has 0 saturated carbocycles. The van der Waals surface area contributed by atoms with Gasteiger partial charge in [0.15, 0.2) is 0 Å². The Bertz CT molecular complexity index is 634. The molecule has 0 aliphatic rings. The summed E-state index contributed by atoms with van der Waals surface area (Å²) in [6, 6.07) is 9.76. The Kier molecular flexibility index (Phi) is 5.36. The predicted octanol–water partition coefficient (Wildman–Crippen LogP) is 2.26. The summed E-state index contributed by atoms with van der Waals surface area (Å²) in [5, 5.41) is 19.3. The molecule has 4 nitrogen and oxygen atoms in total. The second kappa shape index (κ2) is 7.05. The lowest BCUT2D eigenvalue weighted by Gasteiger charge is -2.13. The standard InChI is InChI=1S/C14H13BCl2O4/c1-20-13-4-2-10(15(18)19)6-9(13)8-21-14-5-3-11(16)7-12(14)17/h2-7,18-19H,8H2,1H3. The van der Waals surface area contributed by atoms with Gasteiger partial charge in [-0.3, -0.25) is 0 Å². The van der Waals surface area contributed by atoms with Gasteiger partial charge < -0.3 is 19.5 Å². The molecule has 0 saturated heterocycles. The van der Waals surface area contributed by atoms with Gasteiger partial charge in [-0.15, -0.1) is 0 Å².